The summed E-state index contributed by atoms with van der Waals surface area (Å²) in [5.41, 5.74) is 3.79. The average molecular weight is 323 g/mol. The Bertz CT molecular complexity index is 710. The number of hydrogen-bond donors (Lipinski definition) is 2. The monoisotopic (exact) mass is 323 g/mol. The number of amides is 1. The van der Waals surface area contributed by atoms with Gasteiger partial charge < -0.3 is 15.5 Å². The summed E-state index contributed by atoms with van der Waals surface area (Å²) in [6, 6.07) is 15.9. The summed E-state index contributed by atoms with van der Waals surface area (Å²) in [5.74, 6) is -0.0360. The smallest absolute Gasteiger partial charge is 0.256 e. The van der Waals surface area contributed by atoms with Gasteiger partial charge in [-0.25, -0.2) is 0 Å². The second-order valence-electron chi connectivity index (χ2n) is 6.04. The van der Waals surface area contributed by atoms with E-state index < -0.39 is 0 Å². The molecule has 0 radical (unpaired) electrons. The number of carbonyl (C=O) groups excluding carboxylic acids is 1. The van der Waals surface area contributed by atoms with Gasteiger partial charge in [-0.2, -0.15) is 0 Å². The maximum Gasteiger partial charge on any atom is 0.256 e. The van der Waals surface area contributed by atoms with Crippen LogP contribution in [0.2, 0.25) is 0 Å². The van der Waals surface area contributed by atoms with Crippen molar-refractivity contribution in [1.29, 1.82) is 0 Å². The molecule has 1 heterocycles. The van der Waals surface area contributed by atoms with Gasteiger partial charge in [0.15, 0.2) is 0 Å². The number of benzene rings is 2. The Morgan fingerprint density at radius 2 is 1.67 bits per heavy atom. The van der Waals surface area contributed by atoms with Crippen LogP contribution in [-0.4, -0.2) is 37.0 Å². The lowest BCUT2D eigenvalue weighted by Crippen LogP contribution is -2.34. The normalized spacial score (nSPS) is 16.3. The zero-order valence-corrected chi connectivity index (χ0v) is 14.4. The number of rotatable bonds is 6. The van der Waals surface area contributed by atoms with E-state index in [-0.39, 0.29) is 11.9 Å². The lowest BCUT2D eigenvalue weighted by molar-refractivity contribution is 0.102. The third kappa shape index (κ3) is 3.35. The zero-order chi connectivity index (χ0) is 16.9. The van der Waals surface area contributed by atoms with Crippen molar-refractivity contribution in [3.05, 3.63) is 65.2 Å². The lowest BCUT2D eigenvalue weighted by Gasteiger charge is -2.24. The molecule has 2 aromatic rings. The number of nitrogens with zero attached hydrogens (tertiary/aromatic N) is 1. The predicted octanol–water partition coefficient (Wildman–Crippen LogP) is 3.27. The highest BCUT2D eigenvalue weighted by molar-refractivity contribution is 6.07. The minimum absolute atomic E-state index is 0.0203. The Labute approximate surface area is 143 Å². The molecule has 1 atom stereocenters. The maximum absolute atomic E-state index is 12.5. The Hall–Kier alpha value is -2.17. The molecule has 0 saturated heterocycles. The number of carbonyl (C=O) groups is 1. The molecule has 1 aliphatic rings. The number of nitrogens with one attached hydrogen (secondary N) is 2. The van der Waals surface area contributed by atoms with Gasteiger partial charge in [-0.3, -0.25) is 4.79 Å². The lowest BCUT2D eigenvalue weighted by atomic mass is 9.95. The summed E-state index contributed by atoms with van der Waals surface area (Å²) in [7, 11) is 0. The van der Waals surface area contributed by atoms with Crippen LogP contribution in [0.1, 0.15) is 41.4 Å². The molecule has 3 rings (SSSR count). The van der Waals surface area contributed by atoms with Crippen LogP contribution in [0.3, 0.4) is 0 Å². The van der Waals surface area contributed by atoms with Crippen LogP contribution in [0.4, 0.5) is 5.69 Å². The predicted molar refractivity (Wildman–Crippen MR) is 98.5 cm³/mol. The molecule has 24 heavy (non-hydrogen) atoms. The Balaban J connectivity index is 1.91. The van der Waals surface area contributed by atoms with Gasteiger partial charge in [0.25, 0.3) is 5.91 Å². The molecule has 0 spiro atoms. The minimum atomic E-state index is -0.0360. The zero-order valence-electron chi connectivity index (χ0n) is 14.4. The standard InChI is InChI=1S/C20H25N3O/c1-3-23(4-2)14-13-21-19-15-9-5-6-10-16(15)20(24)22-18-12-8-7-11-17(18)19/h5-12,19,21H,3-4,13-14H2,1-2H3,(H,22,24). The van der Waals surface area contributed by atoms with Gasteiger partial charge >= 0.3 is 0 Å². The Kier molecular flexibility index (Phi) is 5.28. The van der Waals surface area contributed by atoms with E-state index in [4.69, 9.17) is 0 Å². The fourth-order valence-electron chi connectivity index (χ4n) is 3.30. The van der Waals surface area contributed by atoms with E-state index in [0.29, 0.717) is 0 Å². The van der Waals surface area contributed by atoms with Crippen LogP contribution < -0.4 is 10.6 Å². The number of hydrogen-bond acceptors (Lipinski definition) is 3. The first-order chi connectivity index (χ1) is 11.7. The second kappa shape index (κ2) is 7.60. The van der Waals surface area contributed by atoms with Gasteiger partial charge in [0.1, 0.15) is 0 Å². The topological polar surface area (TPSA) is 44.4 Å². The van der Waals surface area contributed by atoms with Crippen LogP contribution in [0.5, 0.6) is 0 Å². The van der Waals surface area contributed by atoms with Crippen molar-refractivity contribution in [1.82, 2.24) is 10.2 Å². The molecule has 0 fully saturated rings. The van der Waals surface area contributed by atoms with Crippen molar-refractivity contribution in [3.63, 3.8) is 0 Å². The van der Waals surface area contributed by atoms with Gasteiger partial charge in [0.05, 0.1) is 6.04 Å². The summed E-state index contributed by atoms with van der Waals surface area (Å²) in [6.45, 7) is 8.34. The summed E-state index contributed by atoms with van der Waals surface area (Å²) in [4.78, 5) is 14.9. The number of anilines is 1. The van der Waals surface area contributed by atoms with Crippen molar-refractivity contribution in [2.45, 2.75) is 19.9 Å². The molecule has 1 amide bonds. The summed E-state index contributed by atoms with van der Waals surface area (Å²) in [6.07, 6.45) is 0. The molecule has 126 valence electrons. The van der Waals surface area contributed by atoms with Crippen molar-refractivity contribution in [2.75, 3.05) is 31.5 Å². The molecule has 1 unspecified atom stereocenters. The molecular weight excluding hydrogens is 298 g/mol. The molecule has 4 nitrogen and oxygen atoms in total. The van der Waals surface area contributed by atoms with Gasteiger partial charge in [-0.1, -0.05) is 50.2 Å². The van der Waals surface area contributed by atoms with E-state index in [1.807, 2.05) is 42.5 Å². The SMILES string of the molecule is CCN(CC)CCNC1c2ccccc2NC(=O)c2ccccc21. The molecule has 0 bridgehead atoms. The van der Waals surface area contributed by atoms with Crippen LogP contribution >= 0.6 is 0 Å². The van der Waals surface area contributed by atoms with Gasteiger partial charge in [-0.05, 0) is 36.3 Å². The number of para-hydroxylation sites is 1. The molecule has 4 heteroatoms. The Morgan fingerprint density at radius 1 is 1.00 bits per heavy atom. The van der Waals surface area contributed by atoms with Gasteiger partial charge in [0, 0.05) is 24.3 Å². The van der Waals surface area contributed by atoms with Crippen molar-refractivity contribution >= 4 is 11.6 Å². The molecule has 0 saturated carbocycles. The molecule has 0 aromatic heterocycles. The van der Waals surface area contributed by atoms with E-state index in [2.05, 4.69) is 35.4 Å². The van der Waals surface area contributed by atoms with E-state index in [1.54, 1.807) is 0 Å². The van der Waals surface area contributed by atoms with Gasteiger partial charge in [-0.15, -0.1) is 0 Å². The third-order valence-electron chi connectivity index (χ3n) is 4.71. The average Bonchev–Trinajstić information content (AvgIpc) is 2.74. The van der Waals surface area contributed by atoms with Crippen LogP contribution in [0.25, 0.3) is 0 Å². The van der Waals surface area contributed by atoms with Crippen LogP contribution in [-0.2, 0) is 0 Å². The fraction of sp³-hybridized carbons (Fsp3) is 0.350. The summed E-state index contributed by atoms with van der Waals surface area (Å²) in [5, 5.41) is 6.70. The largest absolute Gasteiger partial charge is 0.322 e. The maximum atomic E-state index is 12.5. The van der Waals surface area contributed by atoms with Crippen molar-refractivity contribution in [2.24, 2.45) is 0 Å². The molecule has 2 N–H and O–H groups in total. The molecule has 1 aliphatic heterocycles. The van der Waals surface area contributed by atoms with E-state index in [1.165, 1.54) is 0 Å². The first-order valence-electron chi connectivity index (χ1n) is 8.69. The molecule has 0 aliphatic carbocycles. The summed E-state index contributed by atoms with van der Waals surface area (Å²) >= 11 is 0. The van der Waals surface area contributed by atoms with Crippen LogP contribution in [0, 0.1) is 0 Å². The highest BCUT2D eigenvalue weighted by atomic mass is 16.1. The fourth-order valence-corrected chi connectivity index (χ4v) is 3.30. The first-order valence-corrected chi connectivity index (χ1v) is 8.69. The minimum Gasteiger partial charge on any atom is -0.322 e. The van der Waals surface area contributed by atoms with E-state index in [0.717, 1.165) is 48.6 Å². The van der Waals surface area contributed by atoms with Crippen LogP contribution in [0.15, 0.2) is 48.5 Å². The molecule has 2 aromatic carbocycles. The third-order valence-corrected chi connectivity index (χ3v) is 4.71. The summed E-state index contributed by atoms with van der Waals surface area (Å²) < 4.78 is 0. The van der Waals surface area contributed by atoms with E-state index >= 15 is 0 Å². The Morgan fingerprint density at radius 3 is 2.42 bits per heavy atom. The van der Waals surface area contributed by atoms with E-state index in [9.17, 15) is 4.79 Å². The second-order valence-corrected chi connectivity index (χ2v) is 6.04. The number of fused-ring (bicyclic) bond motifs is 2. The van der Waals surface area contributed by atoms with Crippen molar-refractivity contribution in [3.8, 4) is 0 Å². The number of likely N-dealkylation sites (N-methyl/N-ethyl adjacent to an activating group) is 1. The highest BCUT2D eigenvalue weighted by Gasteiger charge is 2.26. The quantitative estimate of drug-likeness (QED) is 0.857. The van der Waals surface area contributed by atoms with Gasteiger partial charge in [0.2, 0.25) is 0 Å². The van der Waals surface area contributed by atoms with Crippen molar-refractivity contribution < 1.29 is 4.79 Å². The highest BCUT2D eigenvalue weighted by Crippen LogP contribution is 2.33. The first kappa shape index (κ1) is 16.7. The molecular formula is C20H25N3O.